The zero-order valence-corrected chi connectivity index (χ0v) is 15.6. The molecule has 1 fully saturated rings. The number of hydrogen-bond donors (Lipinski definition) is 0. The van der Waals surface area contributed by atoms with Gasteiger partial charge < -0.3 is 9.32 Å². The minimum atomic E-state index is -0.111. The van der Waals surface area contributed by atoms with Crippen LogP contribution in [0.5, 0.6) is 0 Å². The number of likely N-dealkylation sites (tertiary alicyclic amines) is 1. The topological polar surface area (TPSA) is 59.2 Å². The molecule has 25 heavy (non-hydrogen) atoms. The van der Waals surface area contributed by atoms with Crippen LogP contribution in [0.2, 0.25) is 5.15 Å². The Balaban J connectivity index is 1.58. The van der Waals surface area contributed by atoms with E-state index in [-0.39, 0.29) is 17.0 Å². The third-order valence-corrected chi connectivity index (χ3v) is 5.14. The molecule has 0 bridgehead atoms. The predicted octanol–water partition coefficient (Wildman–Crippen LogP) is 4.66. The number of fused-ring (bicyclic) bond motifs is 1. The van der Waals surface area contributed by atoms with Crippen LogP contribution < -0.4 is 0 Å². The minimum Gasteiger partial charge on any atom is -0.440 e. The standard InChI is InChI=1S/C18H15BrClN3O2/c19-12-8-13(16(20)21-9-12)18(24)23-7-3-4-11(10-23)17-22-14-5-1-2-6-15(14)25-17/h1-2,5-6,8-9,11H,3-4,7,10H2. The first-order chi connectivity index (χ1) is 12.1. The molecule has 7 heteroatoms. The summed E-state index contributed by atoms with van der Waals surface area (Å²) in [6, 6.07) is 9.41. The molecule has 0 spiro atoms. The zero-order valence-electron chi connectivity index (χ0n) is 13.3. The summed E-state index contributed by atoms with van der Waals surface area (Å²) in [7, 11) is 0. The molecule has 128 valence electrons. The fourth-order valence-electron chi connectivity index (χ4n) is 3.17. The summed E-state index contributed by atoms with van der Waals surface area (Å²) in [5.74, 6) is 0.667. The number of benzene rings is 1. The molecule has 1 amide bonds. The second-order valence-corrected chi connectivity index (χ2v) is 7.38. The van der Waals surface area contributed by atoms with Crippen molar-refractivity contribution in [1.82, 2.24) is 14.9 Å². The Morgan fingerprint density at radius 1 is 1.36 bits per heavy atom. The number of amides is 1. The van der Waals surface area contributed by atoms with Crippen molar-refractivity contribution in [2.75, 3.05) is 13.1 Å². The number of carbonyl (C=O) groups is 1. The normalized spacial score (nSPS) is 17.8. The van der Waals surface area contributed by atoms with E-state index in [4.69, 9.17) is 16.0 Å². The molecule has 0 saturated carbocycles. The lowest BCUT2D eigenvalue weighted by atomic mass is 9.97. The van der Waals surface area contributed by atoms with Gasteiger partial charge in [-0.05, 0) is 47.0 Å². The summed E-state index contributed by atoms with van der Waals surface area (Å²) >= 11 is 9.45. The average Bonchev–Trinajstić information content (AvgIpc) is 3.07. The SMILES string of the molecule is O=C(c1cc(Br)cnc1Cl)N1CCCC(c2nc3ccccc3o2)C1. The van der Waals surface area contributed by atoms with E-state index >= 15 is 0 Å². The van der Waals surface area contributed by atoms with Gasteiger partial charge >= 0.3 is 0 Å². The Kier molecular flexibility index (Phi) is 4.48. The van der Waals surface area contributed by atoms with E-state index in [1.807, 2.05) is 24.3 Å². The van der Waals surface area contributed by atoms with Gasteiger partial charge in [-0.15, -0.1) is 0 Å². The van der Waals surface area contributed by atoms with Gasteiger partial charge in [-0.3, -0.25) is 4.79 Å². The summed E-state index contributed by atoms with van der Waals surface area (Å²) in [4.78, 5) is 23.3. The summed E-state index contributed by atoms with van der Waals surface area (Å²) in [6.07, 6.45) is 3.42. The molecule has 1 aromatic carbocycles. The average molecular weight is 421 g/mol. The van der Waals surface area contributed by atoms with Gasteiger partial charge in [-0.1, -0.05) is 23.7 Å². The van der Waals surface area contributed by atoms with Crippen LogP contribution in [0.4, 0.5) is 0 Å². The first-order valence-corrected chi connectivity index (χ1v) is 9.24. The molecule has 0 N–H and O–H groups in total. The van der Waals surface area contributed by atoms with Crippen molar-refractivity contribution in [3.05, 3.63) is 57.6 Å². The van der Waals surface area contributed by atoms with Gasteiger partial charge in [0, 0.05) is 23.8 Å². The highest BCUT2D eigenvalue weighted by molar-refractivity contribution is 9.10. The van der Waals surface area contributed by atoms with E-state index in [1.165, 1.54) is 0 Å². The summed E-state index contributed by atoms with van der Waals surface area (Å²) in [6.45, 7) is 1.26. The van der Waals surface area contributed by atoms with Crippen molar-refractivity contribution >= 4 is 44.5 Å². The number of aromatic nitrogens is 2. The summed E-state index contributed by atoms with van der Waals surface area (Å²) in [5.41, 5.74) is 2.04. The number of para-hydroxylation sites is 2. The number of rotatable bonds is 2. The Morgan fingerprint density at radius 2 is 2.20 bits per heavy atom. The van der Waals surface area contributed by atoms with Crippen molar-refractivity contribution in [3.63, 3.8) is 0 Å². The molecule has 0 aliphatic carbocycles. The van der Waals surface area contributed by atoms with Gasteiger partial charge in [0.2, 0.25) is 0 Å². The van der Waals surface area contributed by atoms with Gasteiger partial charge in [0.1, 0.15) is 10.7 Å². The van der Waals surface area contributed by atoms with Crippen molar-refractivity contribution in [1.29, 1.82) is 0 Å². The number of nitrogens with zero attached hydrogens (tertiary/aromatic N) is 3. The second kappa shape index (κ2) is 6.77. The van der Waals surface area contributed by atoms with Gasteiger partial charge in [0.25, 0.3) is 5.91 Å². The maximum absolute atomic E-state index is 12.9. The maximum Gasteiger partial charge on any atom is 0.257 e. The van der Waals surface area contributed by atoms with Crippen LogP contribution >= 0.6 is 27.5 Å². The fourth-order valence-corrected chi connectivity index (χ4v) is 3.69. The quantitative estimate of drug-likeness (QED) is 0.566. The second-order valence-electron chi connectivity index (χ2n) is 6.10. The van der Waals surface area contributed by atoms with E-state index in [9.17, 15) is 4.79 Å². The highest BCUT2D eigenvalue weighted by atomic mass is 79.9. The number of oxazole rings is 1. The molecule has 2 aromatic heterocycles. The minimum absolute atomic E-state index is 0.0870. The van der Waals surface area contributed by atoms with Crippen molar-refractivity contribution in [3.8, 4) is 0 Å². The number of pyridine rings is 1. The number of piperidine rings is 1. The van der Waals surface area contributed by atoms with Crippen molar-refractivity contribution < 1.29 is 9.21 Å². The number of carbonyl (C=O) groups excluding carboxylic acids is 1. The maximum atomic E-state index is 12.9. The lowest BCUT2D eigenvalue weighted by molar-refractivity contribution is 0.0698. The molecule has 3 aromatic rings. The van der Waals surface area contributed by atoms with Gasteiger partial charge in [0.15, 0.2) is 11.5 Å². The van der Waals surface area contributed by atoms with E-state index in [0.29, 0.717) is 24.5 Å². The fraction of sp³-hybridized carbons (Fsp3) is 0.278. The van der Waals surface area contributed by atoms with Gasteiger partial charge in [0.05, 0.1) is 11.5 Å². The highest BCUT2D eigenvalue weighted by Gasteiger charge is 2.29. The first kappa shape index (κ1) is 16.5. The Morgan fingerprint density at radius 3 is 3.04 bits per heavy atom. The summed E-state index contributed by atoms with van der Waals surface area (Å²) in [5, 5.41) is 0.220. The molecule has 0 radical (unpaired) electrons. The molecular weight excluding hydrogens is 406 g/mol. The van der Waals surface area contributed by atoms with E-state index in [2.05, 4.69) is 25.9 Å². The monoisotopic (exact) mass is 419 g/mol. The van der Waals surface area contributed by atoms with E-state index in [0.717, 1.165) is 28.4 Å². The molecule has 1 unspecified atom stereocenters. The lowest BCUT2D eigenvalue weighted by Crippen LogP contribution is -2.39. The Hall–Kier alpha value is -1.92. The van der Waals surface area contributed by atoms with E-state index < -0.39 is 0 Å². The van der Waals surface area contributed by atoms with Gasteiger partial charge in [-0.25, -0.2) is 9.97 Å². The molecule has 5 nitrogen and oxygen atoms in total. The molecule has 4 rings (SSSR count). The lowest BCUT2D eigenvalue weighted by Gasteiger charge is -2.31. The molecular formula is C18H15BrClN3O2. The molecule has 1 aliphatic heterocycles. The largest absolute Gasteiger partial charge is 0.440 e. The van der Waals surface area contributed by atoms with Crippen molar-refractivity contribution in [2.45, 2.75) is 18.8 Å². The number of hydrogen-bond acceptors (Lipinski definition) is 4. The van der Waals surface area contributed by atoms with Crippen LogP contribution in [0, 0.1) is 0 Å². The van der Waals surface area contributed by atoms with E-state index in [1.54, 1.807) is 17.2 Å². The summed E-state index contributed by atoms with van der Waals surface area (Å²) < 4.78 is 6.62. The van der Waals surface area contributed by atoms with Crippen molar-refractivity contribution in [2.24, 2.45) is 0 Å². The van der Waals surface area contributed by atoms with Crippen LogP contribution in [-0.2, 0) is 0 Å². The van der Waals surface area contributed by atoms with Crippen LogP contribution in [0.1, 0.15) is 35.0 Å². The van der Waals surface area contributed by atoms with Crippen LogP contribution in [0.25, 0.3) is 11.1 Å². The number of halogens is 2. The highest BCUT2D eigenvalue weighted by Crippen LogP contribution is 2.30. The Bertz CT molecular complexity index is 910. The zero-order chi connectivity index (χ0) is 17.4. The molecule has 1 saturated heterocycles. The Labute approximate surface area is 158 Å². The van der Waals surface area contributed by atoms with Crippen LogP contribution in [0.3, 0.4) is 0 Å². The third kappa shape index (κ3) is 3.28. The first-order valence-electron chi connectivity index (χ1n) is 8.07. The third-order valence-electron chi connectivity index (χ3n) is 4.40. The van der Waals surface area contributed by atoms with Crippen LogP contribution in [0.15, 0.2) is 45.4 Å². The predicted molar refractivity (Wildman–Crippen MR) is 98.8 cm³/mol. The smallest absolute Gasteiger partial charge is 0.257 e. The van der Waals surface area contributed by atoms with Crippen LogP contribution in [-0.4, -0.2) is 33.9 Å². The van der Waals surface area contributed by atoms with Gasteiger partial charge in [-0.2, -0.15) is 0 Å². The molecule has 3 heterocycles. The molecule has 1 atom stereocenters. The molecule has 1 aliphatic rings.